The normalized spacial score (nSPS) is 17.2. The van der Waals surface area contributed by atoms with Crippen molar-refractivity contribution in [2.45, 2.75) is 23.2 Å². The highest BCUT2D eigenvalue weighted by Crippen LogP contribution is 2.29. The van der Waals surface area contributed by atoms with Crippen molar-refractivity contribution >= 4 is 43.2 Å². The molecule has 1 fully saturated rings. The number of nitrogen functional groups attached to an aromatic ring is 1. The zero-order chi connectivity index (χ0) is 20.6. The van der Waals surface area contributed by atoms with Crippen LogP contribution < -0.4 is 10.5 Å². The molecule has 0 aliphatic carbocycles. The molecule has 29 heavy (non-hydrogen) atoms. The summed E-state index contributed by atoms with van der Waals surface area (Å²) in [6.07, 6.45) is 0.412. The van der Waals surface area contributed by atoms with Crippen molar-refractivity contribution in [3.05, 3.63) is 65.7 Å². The second-order valence-corrected chi connectivity index (χ2v) is 9.96. The second-order valence-electron chi connectivity index (χ2n) is 6.94. The lowest BCUT2D eigenvalue weighted by Gasteiger charge is -2.17. The van der Waals surface area contributed by atoms with Crippen LogP contribution in [0, 0.1) is 5.41 Å². The number of carbonyl (C=O) groups excluding carboxylic acids is 1. The number of benzene rings is 2. The number of nitrogens with two attached hydrogens (primary N) is 1. The van der Waals surface area contributed by atoms with Crippen molar-refractivity contribution < 1.29 is 13.2 Å². The Bertz CT molecular complexity index is 1170. The molecule has 1 aliphatic rings. The quantitative estimate of drug-likeness (QED) is 0.412. The first kappa shape index (κ1) is 19.6. The summed E-state index contributed by atoms with van der Waals surface area (Å²) in [5, 5.41) is 8.39. The van der Waals surface area contributed by atoms with Crippen molar-refractivity contribution in [2.75, 3.05) is 6.54 Å². The maximum absolute atomic E-state index is 12.8. The average Bonchev–Trinajstić information content (AvgIpc) is 3.27. The lowest BCUT2D eigenvalue weighted by atomic mass is 10.1. The van der Waals surface area contributed by atoms with Crippen molar-refractivity contribution in [3.63, 3.8) is 0 Å². The predicted octanol–water partition coefficient (Wildman–Crippen LogP) is 2.26. The van der Waals surface area contributed by atoms with Gasteiger partial charge in [0, 0.05) is 23.4 Å². The van der Waals surface area contributed by atoms with Crippen molar-refractivity contribution in [1.82, 2.24) is 9.62 Å². The molecule has 0 bridgehead atoms. The number of thiophene rings is 1. The van der Waals surface area contributed by atoms with Gasteiger partial charge < -0.3 is 10.6 Å². The molecule has 0 saturated carbocycles. The minimum Gasteiger partial charge on any atom is -0.384 e. The van der Waals surface area contributed by atoms with Crippen molar-refractivity contribution in [2.24, 2.45) is 5.73 Å². The van der Waals surface area contributed by atoms with Crippen LogP contribution in [0.15, 0.2) is 58.8 Å². The molecule has 1 atom stereocenters. The van der Waals surface area contributed by atoms with Gasteiger partial charge in [-0.05, 0) is 35.6 Å². The van der Waals surface area contributed by atoms with Crippen molar-refractivity contribution in [3.8, 4) is 0 Å². The van der Waals surface area contributed by atoms with Gasteiger partial charge in [-0.15, -0.1) is 11.3 Å². The molecule has 4 N–H and O–H groups in total. The van der Waals surface area contributed by atoms with Gasteiger partial charge in [0.2, 0.25) is 5.91 Å². The zero-order valence-corrected chi connectivity index (χ0v) is 17.1. The van der Waals surface area contributed by atoms with Gasteiger partial charge in [-0.1, -0.05) is 36.4 Å². The molecule has 0 spiro atoms. The van der Waals surface area contributed by atoms with E-state index >= 15 is 0 Å². The van der Waals surface area contributed by atoms with Crippen LogP contribution in [0.1, 0.15) is 17.5 Å². The van der Waals surface area contributed by atoms with E-state index < -0.39 is 16.1 Å². The molecule has 1 amide bonds. The highest BCUT2D eigenvalue weighted by Gasteiger charge is 2.35. The Morgan fingerprint density at radius 3 is 2.76 bits per heavy atom. The average molecular weight is 429 g/mol. The van der Waals surface area contributed by atoms with Crippen molar-refractivity contribution in [1.29, 1.82) is 5.41 Å². The summed E-state index contributed by atoms with van der Waals surface area (Å²) in [5.41, 5.74) is 6.96. The molecule has 9 heteroatoms. The molecule has 0 unspecified atom stereocenters. The van der Waals surface area contributed by atoms with Gasteiger partial charge in [0.15, 0.2) is 0 Å². The molecule has 1 saturated heterocycles. The summed E-state index contributed by atoms with van der Waals surface area (Å²) >= 11 is 1.19. The van der Waals surface area contributed by atoms with E-state index in [1.807, 2.05) is 30.3 Å². The predicted molar refractivity (Wildman–Crippen MR) is 113 cm³/mol. The third-order valence-corrected chi connectivity index (χ3v) is 7.94. The lowest BCUT2D eigenvalue weighted by molar-refractivity contribution is -0.129. The number of amides is 1. The number of nitrogens with zero attached hydrogens (tertiary/aromatic N) is 1. The first-order chi connectivity index (χ1) is 13.8. The third-order valence-electron chi connectivity index (χ3n) is 4.87. The standard InChI is InChI=1S/C20H20N4O3S2/c21-19(22)15-6-3-4-13(10-15)12-24-9-8-16(20(24)25)23-29(26,27)18-11-14-5-1-2-7-17(14)28-18/h1-7,10-11,16,23H,8-9,12H2,(H3,21,22)/t16-/m0/s1. The summed E-state index contributed by atoms with van der Waals surface area (Å²) in [7, 11) is -3.78. The molecule has 2 heterocycles. The van der Waals surface area contributed by atoms with E-state index in [4.69, 9.17) is 11.1 Å². The monoisotopic (exact) mass is 428 g/mol. The summed E-state index contributed by atoms with van der Waals surface area (Å²) in [6, 6.07) is 15.5. The van der Waals surface area contributed by atoms with Gasteiger partial charge in [-0.3, -0.25) is 10.2 Å². The summed E-state index contributed by atoms with van der Waals surface area (Å²) in [6.45, 7) is 0.809. The SMILES string of the molecule is N=C(N)c1cccc(CN2CC[C@H](NS(=O)(=O)c3cc4ccccc4s3)C2=O)c1. The molecule has 4 rings (SSSR count). The van der Waals surface area contributed by atoms with E-state index in [0.717, 1.165) is 15.6 Å². The van der Waals surface area contributed by atoms with Crippen LogP contribution in [0.5, 0.6) is 0 Å². The minimum atomic E-state index is -3.78. The number of carbonyl (C=O) groups is 1. The fourth-order valence-corrected chi connectivity index (χ4v) is 6.04. The Hall–Kier alpha value is -2.75. The third kappa shape index (κ3) is 4.02. The summed E-state index contributed by atoms with van der Waals surface area (Å²) in [4.78, 5) is 14.4. The van der Waals surface area contributed by atoms with E-state index in [9.17, 15) is 13.2 Å². The number of nitrogens with one attached hydrogen (secondary N) is 2. The van der Waals surface area contributed by atoms with E-state index in [1.165, 1.54) is 11.3 Å². The van der Waals surface area contributed by atoms with Gasteiger partial charge in [-0.25, -0.2) is 8.42 Å². The van der Waals surface area contributed by atoms with Crippen LogP contribution in [0.4, 0.5) is 0 Å². The maximum Gasteiger partial charge on any atom is 0.250 e. The molecule has 150 valence electrons. The maximum atomic E-state index is 12.8. The first-order valence-corrected chi connectivity index (χ1v) is 11.4. The molecular formula is C20H20N4O3S2. The summed E-state index contributed by atoms with van der Waals surface area (Å²) in [5.74, 6) is -0.281. The summed E-state index contributed by atoms with van der Waals surface area (Å²) < 4.78 is 29.2. The van der Waals surface area contributed by atoms with Gasteiger partial charge in [0.05, 0.1) is 0 Å². The van der Waals surface area contributed by atoms with Crippen LogP contribution in [-0.4, -0.2) is 37.6 Å². The van der Waals surface area contributed by atoms with E-state index in [1.54, 1.807) is 29.2 Å². The first-order valence-electron chi connectivity index (χ1n) is 9.06. The number of hydrogen-bond donors (Lipinski definition) is 3. The van der Waals surface area contributed by atoms with Crippen LogP contribution in [-0.2, 0) is 21.4 Å². The molecule has 1 aromatic heterocycles. The highest BCUT2D eigenvalue weighted by atomic mass is 32.2. The van der Waals surface area contributed by atoms with E-state index in [-0.39, 0.29) is 16.0 Å². The van der Waals surface area contributed by atoms with Crippen LogP contribution >= 0.6 is 11.3 Å². The van der Waals surface area contributed by atoms with Gasteiger partial charge in [0.1, 0.15) is 16.1 Å². The lowest BCUT2D eigenvalue weighted by Crippen LogP contribution is -2.41. The number of likely N-dealkylation sites (tertiary alicyclic amines) is 1. The molecule has 3 aromatic rings. The number of hydrogen-bond acceptors (Lipinski definition) is 5. The molecule has 1 aliphatic heterocycles. The van der Waals surface area contributed by atoms with Gasteiger partial charge >= 0.3 is 0 Å². The second kappa shape index (κ2) is 7.58. The van der Waals surface area contributed by atoms with Gasteiger partial charge in [0.25, 0.3) is 10.0 Å². The fraction of sp³-hybridized carbons (Fsp3) is 0.200. The van der Waals surface area contributed by atoms with Crippen LogP contribution in [0.25, 0.3) is 10.1 Å². The number of sulfonamides is 1. The molecular weight excluding hydrogens is 408 g/mol. The molecule has 0 radical (unpaired) electrons. The number of rotatable bonds is 6. The molecule has 2 aromatic carbocycles. The van der Waals surface area contributed by atoms with Crippen LogP contribution in [0.3, 0.4) is 0 Å². The Morgan fingerprint density at radius 1 is 1.21 bits per heavy atom. The fourth-order valence-electron chi connectivity index (χ4n) is 3.40. The Labute approximate surface area is 172 Å². The van der Waals surface area contributed by atoms with Gasteiger partial charge in [-0.2, -0.15) is 4.72 Å². The smallest absolute Gasteiger partial charge is 0.250 e. The van der Waals surface area contributed by atoms with E-state index in [0.29, 0.717) is 25.1 Å². The zero-order valence-electron chi connectivity index (χ0n) is 15.5. The van der Waals surface area contributed by atoms with E-state index in [2.05, 4.69) is 4.72 Å². The highest BCUT2D eigenvalue weighted by molar-refractivity contribution is 7.91. The largest absolute Gasteiger partial charge is 0.384 e. The minimum absolute atomic E-state index is 0.0337. The molecule has 7 nitrogen and oxygen atoms in total. The Kier molecular flexibility index (Phi) is 5.12. The Balaban J connectivity index is 1.47. The number of amidine groups is 1. The number of fused-ring (bicyclic) bond motifs is 1. The van der Waals surface area contributed by atoms with Crippen LogP contribution in [0.2, 0.25) is 0 Å². The topological polar surface area (TPSA) is 116 Å². The Morgan fingerprint density at radius 2 is 2.00 bits per heavy atom.